The van der Waals surface area contributed by atoms with Crippen molar-refractivity contribution >= 4 is 23.2 Å². The molecule has 29 heavy (non-hydrogen) atoms. The Morgan fingerprint density at radius 2 is 1.69 bits per heavy atom. The number of methoxy groups -OCH3 is 2. The Morgan fingerprint density at radius 1 is 1.00 bits per heavy atom. The Bertz CT molecular complexity index is 1080. The number of ether oxygens (including phenoxy) is 3. The molecule has 9 heteroatoms. The first kappa shape index (κ1) is 21.0. The van der Waals surface area contributed by atoms with Gasteiger partial charge < -0.3 is 14.2 Å². The summed E-state index contributed by atoms with van der Waals surface area (Å²) in [5.74, 6) is 1.29. The first-order chi connectivity index (χ1) is 13.8. The zero-order valence-corrected chi connectivity index (χ0v) is 17.8. The third-order valence-corrected chi connectivity index (χ3v) is 4.76. The van der Waals surface area contributed by atoms with Crippen LogP contribution in [-0.2, 0) is 0 Å². The van der Waals surface area contributed by atoms with Crippen LogP contribution in [0, 0.1) is 0 Å². The molecule has 3 rings (SSSR count). The fourth-order valence-electron chi connectivity index (χ4n) is 2.70. The fourth-order valence-corrected chi connectivity index (χ4v) is 3.26. The van der Waals surface area contributed by atoms with E-state index >= 15 is 0 Å². The van der Waals surface area contributed by atoms with E-state index in [2.05, 4.69) is 15.2 Å². The molecule has 1 aromatic carbocycles. The average Bonchev–Trinajstić information content (AvgIpc) is 2.70. The van der Waals surface area contributed by atoms with Crippen molar-refractivity contribution in [2.45, 2.75) is 19.8 Å². The molecule has 0 aliphatic carbocycles. The molecule has 0 bridgehead atoms. The first-order valence-corrected chi connectivity index (χ1v) is 9.44. The zero-order valence-electron chi connectivity index (χ0n) is 16.2. The molecule has 0 saturated carbocycles. The SMILES string of the molecule is COc1cc(-c2cc(Cl)c(Oc3cc(C(C)C)c(=O)[nH]n3)c(Cl)c2)cnc1OC. The summed E-state index contributed by atoms with van der Waals surface area (Å²) >= 11 is 12.8. The van der Waals surface area contributed by atoms with Crippen LogP contribution in [0.3, 0.4) is 0 Å². The van der Waals surface area contributed by atoms with Gasteiger partial charge in [0.05, 0.1) is 24.3 Å². The molecule has 0 fully saturated rings. The lowest BCUT2D eigenvalue weighted by atomic mass is 10.1. The topological polar surface area (TPSA) is 86.3 Å². The number of nitrogens with one attached hydrogen (secondary N) is 1. The van der Waals surface area contributed by atoms with Gasteiger partial charge in [0.15, 0.2) is 11.5 Å². The van der Waals surface area contributed by atoms with E-state index in [1.54, 1.807) is 30.5 Å². The molecule has 2 heterocycles. The van der Waals surface area contributed by atoms with Crippen LogP contribution in [0.2, 0.25) is 10.0 Å². The lowest BCUT2D eigenvalue weighted by Gasteiger charge is -2.13. The van der Waals surface area contributed by atoms with Crippen molar-refractivity contribution in [1.29, 1.82) is 0 Å². The number of pyridine rings is 1. The quantitative estimate of drug-likeness (QED) is 0.581. The van der Waals surface area contributed by atoms with E-state index in [1.807, 2.05) is 13.8 Å². The van der Waals surface area contributed by atoms with Crippen LogP contribution in [0.25, 0.3) is 11.1 Å². The van der Waals surface area contributed by atoms with Crippen LogP contribution in [0.5, 0.6) is 23.3 Å². The first-order valence-electron chi connectivity index (χ1n) is 8.69. The summed E-state index contributed by atoms with van der Waals surface area (Å²) in [4.78, 5) is 16.1. The molecule has 152 valence electrons. The number of nitrogens with zero attached hydrogens (tertiary/aromatic N) is 2. The van der Waals surface area contributed by atoms with Crippen molar-refractivity contribution in [3.63, 3.8) is 0 Å². The highest BCUT2D eigenvalue weighted by Crippen LogP contribution is 2.40. The number of aromatic nitrogens is 3. The second-order valence-electron chi connectivity index (χ2n) is 6.45. The molecule has 7 nitrogen and oxygen atoms in total. The third kappa shape index (κ3) is 4.46. The van der Waals surface area contributed by atoms with E-state index in [0.717, 1.165) is 11.1 Å². The predicted molar refractivity (Wildman–Crippen MR) is 112 cm³/mol. The number of aromatic amines is 1. The number of hydrogen-bond donors (Lipinski definition) is 1. The molecule has 0 atom stereocenters. The standard InChI is InChI=1S/C20H19Cl2N3O4/c1-10(2)13-8-17(24-25-19(13)26)29-18-14(21)5-11(6-15(18)22)12-7-16(27-3)20(28-4)23-9-12/h5-10H,1-4H3,(H,25,26). The number of H-pyrrole nitrogens is 1. The molecule has 0 aliphatic heterocycles. The van der Waals surface area contributed by atoms with Crippen molar-refractivity contribution < 1.29 is 14.2 Å². The van der Waals surface area contributed by atoms with Crippen LogP contribution in [-0.4, -0.2) is 29.4 Å². The van der Waals surface area contributed by atoms with Crippen LogP contribution in [0.1, 0.15) is 25.3 Å². The maximum Gasteiger partial charge on any atom is 0.267 e. The molecule has 0 unspecified atom stereocenters. The fraction of sp³-hybridized carbons (Fsp3) is 0.250. The van der Waals surface area contributed by atoms with Crippen LogP contribution in [0.15, 0.2) is 35.3 Å². The average molecular weight is 436 g/mol. The van der Waals surface area contributed by atoms with Crippen LogP contribution >= 0.6 is 23.2 Å². The maximum atomic E-state index is 11.8. The van der Waals surface area contributed by atoms with Gasteiger partial charge in [-0.15, -0.1) is 5.10 Å². The van der Waals surface area contributed by atoms with Crippen LogP contribution < -0.4 is 19.8 Å². The smallest absolute Gasteiger partial charge is 0.267 e. The van der Waals surface area contributed by atoms with Crippen LogP contribution in [0.4, 0.5) is 0 Å². The maximum absolute atomic E-state index is 11.8. The molecule has 0 amide bonds. The number of rotatable bonds is 6. The van der Waals surface area contributed by atoms with E-state index in [1.165, 1.54) is 14.2 Å². The minimum Gasteiger partial charge on any atom is -0.491 e. The lowest BCUT2D eigenvalue weighted by Crippen LogP contribution is -2.15. The third-order valence-electron chi connectivity index (χ3n) is 4.20. The van der Waals surface area contributed by atoms with Gasteiger partial charge in [-0.1, -0.05) is 37.0 Å². The molecule has 0 spiro atoms. The number of hydrogen-bond acceptors (Lipinski definition) is 6. The van der Waals surface area contributed by atoms with Gasteiger partial charge in [-0.2, -0.15) is 0 Å². The van der Waals surface area contributed by atoms with E-state index in [-0.39, 0.29) is 33.2 Å². The van der Waals surface area contributed by atoms with Gasteiger partial charge in [0, 0.05) is 23.4 Å². The monoisotopic (exact) mass is 435 g/mol. The van der Waals surface area contributed by atoms with Gasteiger partial charge in [-0.3, -0.25) is 4.79 Å². The molecule has 0 aliphatic rings. The van der Waals surface area contributed by atoms with Crippen molar-refractivity contribution in [3.05, 3.63) is 56.4 Å². The summed E-state index contributed by atoms with van der Waals surface area (Å²) in [5, 5.41) is 6.88. The predicted octanol–water partition coefficient (Wildman–Crippen LogP) is 5.07. The van der Waals surface area contributed by atoms with Gasteiger partial charge in [-0.25, -0.2) is 10.1 Å². The molecule has 0 radical (unpaired) electrons. The van der Waals surface area contributed by atoms with E-state index in [4.69, 9.17) is 37.4 Å². The molecular weight excluding hydrogens is 417 g/mol. The summed E-state index contributed by atoms with van der Waals surface area (Å²) < 4.78 is 16.2. The van der Waals surface area contributed by atoms with E-state index in [0.29, 0.717) is 17.2 Å². The van der Waals surface area contributed by atoms with Gasteiger partial charge in [0.1, 0.15) is 0 Å². The van der Waals surface area contributed by atoms with Gasteiger partial charge in [0.25, 0.3) is 11.4 Å². The molecule has 2 aromatic heterocycles. The number of benzene rings is 1. The Labute approximate surface area is 177 Å². The van der Waals surface area contributed by atoms with Crippen molar-refractivity contribution in [2.24, 2.45) is 0 Å². The van der Waals surface area contributed by atoms with Gasteiger partial charge in [0.2, 0.25) is 5.88 Å². The molecule has 1 N–H and O–H groups in total. The highest BCUT2D eigenvalue weighted by molar-refractivity contribution is 6.37. The van der Waals surface area contributed by atoms with Gasteiger partial charge in [-0.05, 0) is 29.7 Å². The van der Waals surface area contributed by atoms with E-state index < -0.39 is 0 Å². The largest absolute Gasteiger partial charge is 0.491 e. The Hall–Kier alpha value is -2.77. The van der Waals surface area contributed by atoms with Crippen molar-refractivity contribution in [3.8, 4) is 34.4 Å². The lowest BCUT2D eigenvalue weighted by molar-refractivity contribution is 0.343. The highest BCUT2D eigenvalue weighted by atomic mass is 35.5. The second-order valence-corrected chi connectivity index (χ2v) is 7.27. The summed E-state index contributed by atoms with van der Waals surface area (Å²) in [7, 11) is 3.04. The highest BCUT2D eigenvalue weighted by Gasteiger charge is 2.16. The summed E-state index contributed by atoms with van der Waals surface area (Å²) in [6, 6.07) is 6.73. The van der Waals surface area contributed by atoms with Crippen molar-refractivity contribution in [2.75, 3.05) is 14.2 Å². The minimum absolute atomic E-state index is 0.00923. The summed E-state index contributed by atoms with van der Waals surface area (Å²) in [5.41, 5.74) is 1.75. The molecule has 0 saturated heterocycles. The summed E-state index contributed by atoms with van der Waals surface area (Å²) in [6.45, 7) is 3.81. The second kappa shape index (κ2) is 8.71. The van der Waals surface area contributed by atoms with Crippen molar-refractivity contribution in [1.82, 2.24) is 15.2 Å². The van der Waals surface area contributed by atoms with Gasteiger partial charge >= 0.3 is 0 Å². The molecule has 3 aromatic rings. The Kier molecular flexibility index (Phi) is 6.30. The zero-order chi connectivity index (χ0) is 21.1. The van der Waals surface area contributed by atoms with E-state index in [9.17, 15) is 4.79 Å². The Morgan fingerprint density at radius 3 is 2.28 bits per heavy atom. The minimum atomic E-state index is -0.263. The normalized spacial score (nSPS) is 10.9. The summed E-state index contributed by atoms with van der Waals surface area (Å²) in [6.07, 6.45) is 1.63. The number of halogens is 2. The Balaban J connectivity index is 1.97. The molecular formula is C20H19Cl2N3O4.